The molecular weight excluding hydrogens is 532 g/mol. The Morgan fingerprint density at radius 2 is 2.00 bits per heavy atom. The van der Waals surface area contributed by atoms with Crippen LogP contribution in [0.5, 0.6) is 5.75 Å². The Balaban J connectivity index is 1.34. The van der Waals surface area contributed by atoms with Gasteiger partial charge < -0.3 is 19.7 Å². The van der Waals surface area contributed by atoms with Crippen LogP contribution < -0.4 is 20.0 Å². The molecule has 41 heavy (non-hydrogen) atoms. The molecular formula is C29H31F2N7O3. The number of nitrogens with zero attached hydrogens (tertiary/aromatic N) is 6. The Morgan fingerprint density at radius 1 is 1.12 bits per heavy atom. The summed E-state index contributed by atoms with van der Waals surface area (Å²) in [5.74, 6) is -0.260. The molecule has 0 radical (unpaired) electrons. The summed E-state index contributed by atoms with van der Waals surface area (Å²) in [4.78, 5) is 16.9. The van der Waals surface area contributed by atoms with Crippen LogP contribution in [0.1, 0.15) is 24.9 Å². The van der Waals surface area contributed by atoms with Crippen LogP contribution in [0.3, 0.4) is 0 Å². The van der Waals surface area contributed by atoms with Gasteiger partial charge in [-0.3, -0.25) is 9.52 Å². The minimum Gasteiger partial charge on any atom is -0.494 e. The third-order valence-electron chi connectivity index (χ3n) is 7.30. The molecule has 2 atom stereocenters. The molecule has 12 heteroatoms. The first-order chi connectivity index (χ1) is 19.9. The van der Waals surface area contributed by atoms with Gasteiger partial charge in [0.25, 0.3) is 0 Å². The molecule has 4 aromatic rings. The summed E-state index contributed by atoms with van der Waals surface area (Å²) in [6.07, 6.45) is 5.79. The molecule has 2 aromatic carbocycles. The average molecular weight is 564 g/mol. The lowest BCUT2D eigenvalue weighted by atomic mass is 10.0. The van der Waals surface area contributed by atoms with Gasteiger partial charge in [0.05, 0.1) is 44.4 Å². The van der Waals surface area contributed by atoms with Crippen LogP contribution in [0.15, 0.2) is 55.1 Å². The number of morpholine rings is 1. The van der Waals surface area contributed by atoms with E-state index in [1.54, 1.807) is 23.9 Å². The van der Waals surface area contributed by atoms with Gasteiger partial charge >= 0.3 is 0 Å². The van der Waals surface area contributed by atoms with Gasteiger partial charge in [0, 0.05) is 67.3 Å². The maximum Gasteiger partial charge on any atom is 0.164 e. The number of nitrogens with one attached hydrogen (secondary N) is 1. The highest BCUT2D eigenvalue weighted by Gasteiger charge is 2.32. The zero-order chi connectivity index (χ0) is 28.5. The molecule has 0 spiro atoms. The number of aromatic nitrogens is 4. The van der Waals surface area contributed by atoms with Gasteiger partial charge in [-0.15, -0.1) is 0 Å². The van der Waals surface area contributed by atoms with E-state index < -0.39 is 17.7 Å². The van der Waals surface area contributed by atoms with Crippen molar-refractivity contribution in [3.8, 4) is 16.9 Å². The number of methoxy groups -OCH3 is 1. The number of rotatable bonds is 7. The number of hydrogen-bond donors (Lipinski definition) is 1. The van der Waals surface area contributed by atoms with E-state index >= 15 is 0 Å². The molecule has 0 amide bonds. The van der Waals surface area contributed by atoms with E-state index in [4.69, 9.17) is 14.3 Å². The van der Waals surface area contributed by atoms with Gasteiger partial charge in [-0.1, -0.05) is 12.1 Å². The molecule has 2 aromatic heterocycles. The van der Waals surface area contributed by atoms with Crippen molar-refractivity contribution in [2.75, 3.05) is 48.7 Å². The van der Waals surface area contributed by atoms with Gasteiger partial charge in [-0.25, -0.2) is 23.8 Å². The number of aryl methyl sites for hydroxylation is 1. The number of hydroxylamine groups is 1. The molecule has 2 saturated heterocycles. The fourth-order valence-corrected chi connectivity index (χ4v) is 5.36. The molecule has 4 heterocycles. The van der Waals surface area contributed by atoms with Crippen molar-refractivity contribution in [3.05, 3.63) is 72.3 Å². The Labute approximate surface area is 236 Å². The van der Waals surface area contributed by atoms with Crippen molar-refractivity contribution in [2.45, 2.75) is 25.5 Å². The molecule has 6 rings (SSSR count). The lowest BCUT2D eigenvalue weighted by Crippen LogP contribution is -2.41. The predicted molar refractivity (Wildman–Crippen MR) is 150 cm³/mol. The Morgan fingerprint density at radius 3 is 2.78 bits per heavy atom. The number of hydrogen-bond acceptors (Lipinski definition) is 9. The van der Waals surface area contributed by atoms with Crippen LogP contribution in [-0.2, 0) is 16.6 Å². The van der Waals surface area contributed by atoms with Crippen molar-refractivity contribution in [1.82, 2.24) is 19.7 Å². The van der Waals surface area contributed by atoms with Crippen LogP contribution in [0.4, 0.5) is 31.8 Å². The van der Waals surface area contributed by atoms with Crippen LogP contribution in [-0.4, -0.2) is 59.3 Å². The second-order valence-electron chi connectivity index (χ2n) is 10.1. The first kappa shape index (κ1) is 26.9. The van der Waals surface area contributed by atoms with Crippen molar-refractivity contribution >= 4 is 23.0 Å². The molecule has 2 aliphatic rings. The summed E-state index contributed by atoms with van der Waals surface area (Å²) >= 11 is 0. The van der Waals surface area contributed by atoms with Gasteiger partial charge in [-0.2, -0.15) is 5.10 Å². The molecule has 0 bridgehead atoms. The summed E-state index contributed by atoms with van der Waals surface area (Å²) in [5, 5.41) is 9.24. The van der Waals surface area contributed by atoms with Gasteiger partial charge in [0.2, 0.25) is 0 Å². The van der Waals surface area contributed by atoms with Gasteiger partial charge in [0.15, 0.2) is 17.5 Å². The van der Waals surface area contributed by atoms with Crippen LogP contribution in [0, 0.1) is 11.6 Å². The number of halogens is 2. The predicted octanol–water partition coefficient (Wildman–Crippen LogP) is 5.02. The lowest BCUT2D eigenvalue weighted by Gasteiger charge is -2.34. The zero-order valence-electron chi connectivity index (χ0n) is 23.1. The van der Waals surface area contributed by atoms with E-state index in [9.17, 15) is 8.78 Å². The van der Waals surface area contributed by atoms with Crippen molar-refractivity contribution in [2.24, 2.45) is 7.05 Å². The maximum absolute atomic E-state index is 14.6. The Bertz CT molecular complexity index is 1550. The monoisotopic (exact) mass is 563 g/mol. The highest BCUT2D eigenvalue weighted by atomic mass is 19.2. The molecule has 214 valence electrons. The number of anilines is 4. The number of benzene rings is 2. The first-order valence-electron chi connectivity index (χ1n) is 13.4. The summed E-state index contributed by atoms with van der Waals surface area (Å²) in [6, 6.07) is 9.36. The van der Waals surface area contributed by atoms with Gasteiger partial charge in [-0.05, 0) is 19.1 Å². The zero-order valence-corrected chi connectivity index (χ0v) is 23.1. The molecule has 10 nitrogen and oxygen atoms in total. The fourth-order valence-electron chi connectivity index (χ4n) is 5.36. The van der Waals surface area contributed by atoms with Crippen LogP contribution in [0.25, 0.3) is 11.1 Å². The standard InChI is InChI=1S/C29H31F2N7O3/c1-18-15-37(8-10-40-18)25-12-26(39-3)23(11-21(25)19-14-34-36(2)16-19)35-27-13-28(33-17-32-27)38-24(7-9-41-38)20-5-4-6-22(30)29(20)31/h4-6,11-14,16-18,24H,7-10,15H2,1-3H3,(H,32,33,35)/t18-,24-/m1/s1. The smallest absolute Gasteiger partial charge is 0.164 e. The Kier molecular flexibility index (Phi) is 7.41. The SMILES string of the molecule is COc1cc(N2CCO[C@H](C)C2)c(-c2cnn(C)c2)cc1Nc1cc(N2OCC[C@@H]2c2cccc(F)c2F)ncn1. The maximum atomic E-state index is 14.6. The summed E-state index contributed by atoms with van der Waals surface area (Å²) in [5.41, 5.74) is 3.86. The topological polar surface area (TPSA) is 89.8 Å². The van der Waals surface area contributed by atoms with Crippen molar-refractivity contribution < 1.29 is 23.1 Å². The summed E-state index contributed by atoms with van der Waals surface area (Å²) in [7, 11) is 3.51. The van der Waals surface area contributed by atoms with E-state index in [-0.39, 0.29) is 11.7 Å². The van der Waals surface area contributed by atoms with Crippen LogP contribution >= 0.6 is 0 Å². The van der Waals surface area contributed by atoms with Crippen molar-refractivity contribution in [1.29, 1.82) is 0 Å². The first-order valence-corrected chi connectivity index (χ1v) is 13.4. The fraction of sp³-hybridized carbons (Fsp3) is 0.345. The second-order valence-corrected chi connectivity index (χ2v) is 10.1. The third kappa shape index (κ3) is 5.40. The van der Waals surface area contributed by atoms with E-state index in [1.807, 2.05) is 31.6 Å². The highest BCUT2D eigenvalue weighted by molar-refractivity contribution is 5.85. The van der Waals surface area contributed by atoms with Crippen LogP contribution in [0.2, 0.25) is 0 Å². The quantitative estimate of drug-likeness (QED) is 0.333. The normalized spacial score (nSPS) is 19.0. The van der Waals surface area contributed by atoms with Crippen molar-refractivity contribution in [3.63, 3.8) is 0 Å². The number of ether oxygens (including phenoxy) is 2. The van der Waals surface area contributed by atoms with E-state index in [0.29, 0.717) is 42.7 Å². The van der Waals surface area contributed by atoms with E-state index in [0.717, 1.165) is 36.0 Å². The molecule has 0 unspecified atom stereocenters. The third-order valence-corrected chi connectivity index (χ3v) is 7.30. The highest BCUT2D eigenvalue weighted by Crippen LogP contribution is 2.41. The van der Waals surface area contributed by atoms with E-state index in [1.165, 1.54) is 17.5 Å². The minimum absolute atomic E-state index is 0.103. The molecule has 0 saturated carbocycles. The lowest BCUT2D eigenvalue weighted by molar-refractivity contribution is 0.0532. The average Bonchev–Trinajstić information content (AvgIpc) is 3.64. The molecule has 2 fully saturated rings. The summed E-state index contributed by atoms with van der Waals surface area (Å²) < 4.78 is 41.9. The second kappa shape index (κ2) is 11.3. The van der Waals surface area contributed by atoms with Gasteiger partial charge in [0.1, 0.15) is 17.9 Å². The summed E-state index contributed by atoms with van der Waals surface area (Å²) in [6.45, 7) is 4.55. The van der Waals surface area contributed by atoms with E-state index in [2.05, 4.69) is 32.2 Å². The molecule has 2 aliphatic heterocycles. The molecule has 1 N–H and O–H groups in total. The Hall–Kier alpha value is -4.29. The minimum atomic E-state index is -0.897. The largest absolute Gasteiger partial charge is 0.494 e. The molecule has 0 aliphatic carbocycles.